The molecule has 1 aromatic heterocycles. The van der Waals surface area contributed by atoms with E-state index in [4.69, 9.17) is 0 Å². The van der Waals surface area contributed by atoms with Gasteiger partial charge < -0.3 is 0 Å². The minimum Gasteiger partial charge on any atom is -0.278 e. The molecular formula is C13H20N2. The van der Waals surface area contributed by atoms with Gasteiger partial charge in [-0.1, -0.05) is 25.5 Å². The second-order valence-electron chi connectivity index (χ2n) is 3.81. The molecule has 0 unspecified atom stereocenters. The van der Waals surface area contributed by atoms with Gasteiger partial charge in [0.2, 0.25) is 0 Å². The van der Waals surface area contributed by atoms with E-state index >= 15 is 0 Å². The largest absolute Gasteiger partial charge is 0.278 e. The minimum atomic E-state index is 1.09. The maximum atomic E-state index is 4.00. The molecule has 0 aromatic carbocycles. The summed E-state index contributed by atoms with van der Waals surface area (Å²) in [7, 11) is 0. The van der Waals surface area contributed by atoms with Crippen molar-refractivity contribution in [2.24, 2.45) is 0 Å². The zero-order valence-electron chi connectivity index (χ0n) is 10.1. The molecule has 0 bridgehead atoms. The molecule has 2 nitrogen and oxygen atoms in total. The molecule has 0 aliphatic rings. The van der Waals surface area contributed by atoms with E-state index in [1.54, 1.807) is 0 Å². The zero-order valence-corrected chi connectivity index (χ0v) is 10.1. The van der Waals surface area contributed by atoms with Crippen LogP contribution in [0.15, 0.2) is 23.4 Å². The Hall–Kier alpha value is -1.31. The van der Waals surface area contributed by atoms with Gasteiger partial charge in [0.25, 0.3) is 0 Å². The van der Waals surface area contributed by atoms with Crippen molar-refractivity contribution in [1.29, 1.82) is 0 Å². The average molecular weight is 204 g/mol. The Labute approximate surface area is 92.1 Å². The summed E-state index contributed by atoms with van der Waals surface area (Å²) in [5, 5.41) is 6.98. The second-order valence-corrected chi connectivity index (χ2v) is 3.81. The van der Waals surface area contributed by atoms with E-state index in [0.29, 0.717) is 0 Å². The van der Waals surface area contributed by atoms with Gasteiger partial charge in [0.15, 0.2) is 0 Å². The molecule has 15 heavy (non-hydrogen) atoms. The van der Waals surface area contributed by atoms with Gasteiger partial charge in [-0.3, -0.25) is 5.10 Å². The molecule has 0 spiro atoms. The van der Waals surface area contributed by atoms with Crippen molar-refractivity contribution in [3.8, 4) is 0 Å². The van der Waals surface area contributed by atoms with E-state index in [2.05, 4.69) is 50.0 Å². The van der Waals surface area contributed by atoms with Crippen LogP contribution in [-0.4, -0.2) is 10.2 Å². The summed E-state index contributed by atoms with van der Waals surface area (Å²) in [5.41, 5.74) is 5.18. The quantitative estimate of drug-likeness (QED) is 0.741. The number of H-pyrrole nitrogens is 1. The molecular weight excluding hydrogens is 184 g/mol. The Balaban J connectivity index is 2.85. The van der Waals surface area contributed by atoms with Gasteiger partial charge in [-0.15, -0.1) is 0 Å². The van der Waals surface area contributed by atoms with Crippen molar-refractivity contribution in [3.63, 3.8) is 0 Å². The Kier molecular flexibility index (Phi) is 4.35. The van der Waals surface area contributed by atoms with Crippen LogP contribution in [-0.2, 0) is 0 Å². The molecule has 1 heterocycles. The number of aryl methyl sites for hydroxylation is 1. The molecule has 0 radical (unpaired) electrons. The van der Waals surface area contributed by atoms with Crippen LogP contribution in [0.5, 0.6) is 0 Å². The summed E-state index contributed by atoms with van der Waals surface area (Å²) >= 11 is 0. The fraction of sp³-hybridized carbons (Fsp3) is 0.462. The van der Waals surface area contributed by atoms with Crippen molar-refractivity contribution >= 4 is 6.08 Å². The smallest absolute Gasteiger partial charge is 0.0607 e. The highest BCUT2D eigenvalue weighted by Gasteiger charge is 1.97. The highest BCUT2D eigenvalue weighted by molar-refractivity contribution is 5.52. The Bertz CT molecular complexity index is 370. The summed E-state index contributed by atoms with van der Waals surface area (Å²) in [4.78, 5) is 0. The van der Waals surface area contributed by atoms with Gasteiger partial charge in [0.05, 0.1) is 11.9 Å². The average Bonchev–Trinajstić information content (AvgIpc) is 2.65. The van der Waals surface area contributed by atoms with Crippen molar-refractivity contribution in [2.75, 3.05) is 0 Å². The van der Waals surface area contributed by atoms with E-state index in [1.807, 2.05) is 6.20 Å². The first-order chi connectivity index (χ1) is 7.19. The number of rotatable bonds is 4. The highest BCUT2D eigenvalue weighted by atomic mass is 15.1. The summed E-state index contributed by atoms with van der Waals surface area (Å²) in [6.45, 7) is 8.65. The van der Waals surface area contributed by atoms with Crippen LogP contribution in [0.25, 0.3) is 6.08 Å². The molecule has 0 saturated heterocycles. The van der Waals surface area contributed by atoms with Gasteiger partial charge in [0, 0.05) is 0 Å². The predicted octanol–water partition coefficient (Wildman–Crippen LogP) is 3.87. The number of aromatic amines is 1. The van der Waals surface area contributed by atoms with Crippen LogP contribution < -0.4 is 0 Å². The second kappa shape index (κ2) is 5.54. The number of hydrogen-bond donors (Lipinski definition) is 1. The fourth-order valence-corrected chi connectivity index (χ4v) is 1.50. The molecule has 2 heteroatoms. The third-order valence-corrected chi connectivity index (χ3v) is 2.78. The van der Waals surface area contributed by atoms with E-state index < -0.39 is 0 Å². The lowest BCUT2D eigenvalue weighted by Crippen LogP contribution is -1.83. The predicted molar refractivity (Wildman–Crippen MR) is 65.6 cm³/mol. The van der Waals surface area contributed by atoms with Crippen molar-refractivity contribution in [1.82, 2.24) is 10.2 Å². The Morgan fingerprint density at radius 3 is 2.60 bits per heavy atom. The summed E-state index contributed by atoms with van der Waals surface area (Å²) in [6, 6.07) is 0. The molecule has 0 aliphatic carbocycles. The van der Waals surface area contributed by atoms with E-state index in [9.17, 15) is 0 Å². The number of hydrogen-bond acceptors (Lipinski definition) is 1. The maximum Gasteiger partial charge on any atom is 0.0607 e. The van der Waals surface area contributed by atoms with Gasteiger partial charge in [-0.2, -0.15) is 5.10 Å². The number of nitrogens with one attached hydrogen (secondary N) is 1. The van der Waals surface area contributed by atoms with Crippen LogP contribution in [0, 0.1) is 6.92 Å². The first kappa shape index (κ1) is 11.8. The fourth-order valence-electron chi connectivity index (χ4n) is 1.50. The summed E-state index contributed by atoms with van der Waals surface area (Å²) in [5.74, 6) is 0. The number of aromatic nitrogens is 2. The van der Waals surface area contributed by atoms with E-state index in [1.165, 1.54) is 16.7 Å². The third-order valence-electron chi connectivity index (χ3n) is 2.78. The molecule has 0 fully saturated rings. The van der Waals surface area contributed by atoms with Gasteiger partial charge in [0.1, 0.15) is 0 Å². The highest BCUT2D eigenvalue weighted by Crippen LogP contribution is 2.15. The van der Waals surface area contributed by atoms with Crippen LogP contribution in [0.3, 0.4) is 0 Å². The van der Waals surface area contributed by atoms with E-state index in [0.717, 1.165) is 18.5 Å². The molecule has 0 amide bonds. The van der Waals surface area contributed by atoms with Crippen LogP contribution in [0.2, 0.25) is 0 Å². The molecule has 82 valence electrons. The maximum absolute atomic E-state index is 4.00. The molecule has 1 aromatic rings. The normalized spacial score (nSPS) is 13.3. The van der Waals surface area contributed by atoms with Crippen molar-refractivity contribution in [3.05, 3.63) is 34.7 Å². The van der Waals surface area contributed by atoms with Crippen molar-refractivity contribution in [2.45, 2.75) is 40.5 Å². The van der Waals surface area contributed by atoms with Gasteiger partial charge in [-0.05, 0) is 43.9 Å². The number of allylic oxidation sites excluding steroid dienone is 3. The topological polar surface area (TPSA) is 28.7 Å². The van der Waals surface area contributed by atoms with Crippen LogP contribution >= 0.6 is 0 Å². The molecule has 1 rings (SSSR count). The number of nitrogens with zero attached hydrogens (tertiary/aromatic N) is 1. The summed E-state index contributed by atoms with van der Waals surface area (Å²) in [6.07, 6.45) is 8.36. The lowest BCUT2D eigenvalue weighted by atomic mass is 10.0. The lowest BCUT2D eigenvalue weighted by molar-refractivity contribution is 1.02. The third kappa shape index (κ3) is 3.08. The minimum absolute atomic E-state index is 1.09. The summed E-state index contributed by atoms with van der Waals surface area (Å²) < 4.78 is 0. The molecule has 0 atom stereocenters. The SMILES string of the molecule is CCC(C)=C(/C=C\c1[nH]ncc1C)CC. The molecule has 0 saturated carbocycles. The molecule has 1 N–H and O–H groups in total. The van der Waals surface area contributed by atoms with E-state index in [-0.39, 0.29) is 0 Å². The van der Waals surface area contributed by atoms with Gasteiger partial charge >= 0.3 is 0 Å². The first-order valence-corrected chi connectivity index (χ1v) is 5.55. The monoisotopic (exact) mass is 204 g/mol. The first-order valence-electron chi connectivity index (χ1n) is 5.55. The Morgan fingerprint density at radius 1 is 1.40 bits per heavy atom. The van der Waals surface area contributed by atoms with Gasteiger partial charge in [-0.25, -0.2) is 0 Å². The Morgan fingerprint density at radius 2 is 2.13 bits per heavy atom. The standard InChI is InChI=1S/C13H20N2/c1-5-10(3)12(6-2)7-8-13-11(4)9-14-15-13/h7-9H,5-6H2,1-4H3,(H,14,15)/b8-7-,12-10?. The lowest BCUT2D eigenvalue weighted by Gasteiger charge is -2.02. The van der Waals surface area contributed by atoms with Crippen molar-refractivity contribution < 1.29 is 0 Å². The molecule has 0 aliphatic heterocycles. The zero-order chi connectivity index (χ0) is 11.3. The van der Waals surface area contributed by atoms with Crippen LogP contribution in [0.4, 0.5) is 0 Å². The van der Waals surface area contributed by atoms with Crippen LogP contribution in [0.1, 0.15) is 44.9 Å².